The normalized spacial score (nSPS) is 22.3. The number of nitrogens with one attached hydrogen (secondary N) is 1. The molecule has 0 spiro atoms. The van der Waals surface area contributed by atoms with Crippen LogP contribution in [0.4, 0.5) is 0 Å². The van der Waals surface area contributed by atoms with Crippen molar-refractivity contribution in [3.8, 4) is 0 Å². The van der Waals surface area contributed by atoms with Crippen molar-refractivity contribution in [2.45, 2.75) is 64.3 Å². The molecule has 3 rings (SSSR count). The molecule has 5 heteroatoms. The number of hydrogen-bond acceptors (Lipinski definition) is 4. The maximum atomic E-state index is 12.4. The van der Waals surface area contributed by atoms with Gasteiger partial charge in [0.2, 0.25) is 5.91 Å². The van der Waals surface area contributed by atoms with Gasteiger partial charge in [-0.1, -0.05) is 24.3 Å². The van der Waals surface area contributed by atoms with Crippen LogP contribution in [0.3, 0.4) is 0 Å². The van der Waals surface area contributed by atoms with Crippen molar-refractivity contribution in [2.24, 2.45) is 0 Å². The van der Waals surface area contributed by atoms with Crippen molar-refractivity contribution in [2.75, 3.05) is 26.3 Å². The molecule has 144 valence electrons. The summed E-state index contributed by atoms with van der Waals surface area (Å²) in [4.78, 5) is 14.8. The van der Waals surface area contributed by atoms with Gasteiger partial charge >= 0.3 is 0 Å². The van der Waals surface area contributed by atoms with Crippen molar-refractivity contribution in [1.29, 1.82) is 0 Å². The van der Waals surface area contributed by atoms with Crippen LogP contribution in [0.5, 0.6) is 0 Å². The molecule has 5 nitrogen and oxygen atoms in total. The Morgan fingerprint density at radius 2 is 2.00 bits per heavy atom. The number of rotatable bonds is 8. The maximum Gasteiger partial charge on any atom is 0.249 e. The van der Waals surface area contributed by atoms with Crippen LogP contribution in [0.1, 0.15) is 50.2 Å². The van der Waals surface area contributed by atoms with E-state index in [0.29, 0.717) is 13.2 Å². The zero-order chi connectivity index (χ0) is 18.2. The first-order chi connectivity index (χ1) is 12.7. The number of carbonyl (C=O) groups excluding carboxylic acids is 1. The largest absolute Gasteiger partial charge is 0.376 e. The van der Waals surface area contributed by atoms with Gasteiger partial charge in [-0.05, 0) is 63.2 Å². The standard InChI is InChI=1S/C21H32N2O3/c1-17(26-16-20-10-4-7-13-25-20)21(24)22-14-18-8-2-3-9-19(18)15-23-11-5-6-12-23/h2-3,8-9,17,20H,4-7,10-16H2,1H3,(H,22,24). The van der Waals surface area contributed by atoms with Crippen molar-refractivity contribution in [1.82, 2.24) is 10.2 Å². The summed E-state index contributed by atoms with van der Waals surface area (Å²) in [6.07, 6.45) is 5.60. The highest BCUT2D eigenvalue weighted by Gasteiger charge is 2.19. The average molecular weight is 360 g/mol. The van der Waals surface area contributed by atoms with Gasteiger partial charge in [0.1, 0.15) is 6.10 Å². The van der Waals surface area contributed by atoms with E-state index in [4.69, 9.17) is 9.47 Å². The third-order valence-electron chi connectivity index (χ3n) is 5.34. The Bertz CT molecular complexity index is 566. The minimum atomic E-state index is -0.453. The van der Waals surface area contributed by atoms with Crippen molar-refractivity contribution in [3.05, 3.63) is 35.4 Å². The van der Waals surface area contributed by atoms with Crippen molar-refractivity contribution in [3.63, 3.8) is 0 Å². The first-order valence-corrected chi connectivity index (χ1v) is 10.0. The molecular weight excluding hydrogens is 328 g/mol. The number of ether oxygens (including phenoxy) is 2. The number of hydrogen-bond donors (Lipinski definition) is 1. The van der Waals surface area contributed by atoms with E-state index in [-0.39, 0.29) is 12.0 Å². The molecule has 0 saturated carbocycles. The lowest BCUT2D eigenvalue weighted by atomic mass is 10.1. The van der Waals surface area contributed by atoms with Crippen LogP contribution in [0.2, 0.25) is 0 Å². The van der Waals surface area contributed by atoms with E-state index in [9.17, 15) is 4.79 Å². The Labute approximate surface area is 157 Å². The average Bonchev–Trinajstić information content (AvgIpc) is 3.19. The molecule has 2 unspecified atom stereocenters. The van der Waals surface area contributed by atoms with Gasteiger partial charge in [0.15, 0.2) is 0 Å². The molecule has 1 aromatic rings. The maximum absolute atomic E-state index is 12.4. The molecule has 1 amide bonds. The van der Waals surface area contributed by atoms with Crippen LogP contribution in [0.15, 0.2) is 24.3 Å². The van der Waals surface area contributed by atoms with Gasteiger partial charge in [0.05, 0.1) is 12.7 Å². The zero-order valence-electron chi connectivity index (χ0n) is 15.9. The molecule has 2 heterocycles. The van der Waals surface area contributed by atoms with Crippen molar-refractivity contribution >= 4 is 5.91 Å². The quantitative estimate of drug-likeness (QED) is 0.774. The predicted octanol–water partition coefficient (Wildman–Crippen LogP) is 2.87. The molecule has 1 aromatic carbocycles. The van der Waals surface area contributed by atoms with Crippen LogP contribution in [0, 0.1) is 0 Å². The van der Waals surface area contributed by atoms with E-state index in [1.54, 1.807) is 0 Å². The minimum absolute atomic E-state index is 0.0585. The van der Waals surface area contributed by atoms with Gasteiger partial charge in [-0.2, -0.15) is 0 Å². The highest BCUT2D eigenvalue weighted by molar-refractivity contribution is 5.80. The summed E-state index contributed by atoms with van der Waals surface area (Å²) in [7, 11) is 0. The van der Waals surface area contributed by atoms with E-state index in [2.05, 4.69) is 28.4 Å². The van der Waals surface area contributed by atoms with E-state index < -0.39 is 6.10 Å². The fraction of sp³-hybridized carbons (Fsp3) is 0.667. The van der Waals surface area contributed by atoms with Crippen LogP contribution in [-0.2, 0) is 27.4 Å². The first kappa shape index (κ1) is 19.3. The SMILES string of the molecule is CC(OCC1CCCCO1)C(=O)NCc1ccccc1CN1CCCC1. The topological polar surface area (TPSA) is 50.8 Å². The molecule has 1 N–H and O–H groups in total. The Balaban J connectivity index is 1.44. The molecule has 0 radical (unpaired) electrons. The molecule has 26 heavy (non-hydrogen) atoms. The number of carbonyl (C=O) groups is 1. The van der Waals surface area contributed by atoms with Crippen molar-refractivity contribution < 1.29 is 14.3 Å². The Kier molecular flexibility index (Phi) is 7.47. The molecule has 2 atom stereocenters. The third-order valence-corrected chi connectivity index (χ3v) is 5.34. The molecule has 2 aliphatic heterocycles. The fourth-order valence-corrected chi connectivity index (χ4v) is 3.66. The van der Waals surface area contributed by atoms with Crippen LogP contribution in [0.25, 0.3) is 0 Å². The van der Waals surface area contributed by atoms with Gasteiger partial charge in [-0.15, -0.1) is 0 Å². The van der Waals surface area contributed by atoms with Gasteiger partial charge < -0.3 is 14.8 Å². The molecule has 0 aliphatic carbocycles. The lowest BCUT2D eigenvalue weighted by molar-refractivity contribution is -0.135. The van der Waals surface area contributed by atoms with Gasteiger partial charge in [-0.3, -0.25) is 9.69 Å². The van der Waals surface area contributed by atoms with E-state index >= 15 is 0 Å². The van der Waals surface area contributed by atoms with Gasteiger partial charge in [0, 0.05) is 19.7 Å². The van der Waals surface area contributed by atoms with E-state index in [0.717, 1.165) is 26.0 Å². The highest BCUT2D eigenvalue weighted by Crippen LogP contribution is 2.16. The minimum Gasteiger partial charge on any atom is -0.376 e. The number of benzene rings is 1. The van der Waals surface area contributed by atoms with E-state index in [1.165, 1.54) is 43.5 Å². The lowest BCUT2D eigenvalue weighted by Gasteiger charge is -2.24. The van der Waals surface area contributed by atoms with E-state index in [1.807, 2.05) is 13.0 Å². The molecule has 2 aliphatic rings. The number of likely N-dealkylation sites (tertiary alicyclic amines) is 1. The smallest absolute Gasteiger partial charge is 0.249 e. The Morgan fingerprint density at radius 1 is 1.23 bits per heavy atom. The summed E-state index contributed by atoms with van der Waals surface area (Å²) < 4.78 is 11.4. The summed E-state index contributed by atoms with van der Waals surface area (Å²) >= 11 is 0. The number of amides is 1. The monoisotopic (exact) mass is 360 g/mol. The summed E-state index contributed by atoms with van der Waals surface area (Å²) in [6.45, 7) is 6.99. The summed E-state index contributed by atoms with van der Waals surface area (Å²) in [5, 5.41) is 3.03. The number of nitrogens with zero attached hydrogens (tertiary/aromatic N) is 1. The molecule has 0 aromatic heterocycles. The van der Waals surface area contributed by atoms with Crippen LogP contribution >= 0.6 is 0 Å². The Hall–Kier alpha value is -1.43. The second-order valence-electron chi connectivity index (χ2n) is 7.43. The second kappa shape index (κ2) is 10.0. The summed E-state index contributed by atoms with van der Waals surface area (Å²) in [5.41, 5.74) is 2.49. The Morgan fingerprint density at radius 3 is 2.73 bits per heavy atom. The summed E-state index contributed by atoms with van der Waals surface area (Å²) in [5.74, 6) is -0.0585. The van der Waals surface area contributed by atoms with Crippen LogP contribution in [-0.4, -0.2) is 49.3 Å². The second-order valence-corrected chi connectivity index (χ2v) is 7.43. The molecular formula is C21H32N2O3. The first-order valence-electron chi connectivity index (χ1n) is 10.0. The fourth-order valence-electron chi connectivity index (χ4n) is 3.66. The van der Waals surface area contributed by atoms with Crippen LogP contribution < -0.4 is 5.32 Å². The molecule has 2 fully saturated rings. The summed E-state index contributed by atoms with van der Waals surface area (Å²) in [6, 6.07) is 8.38. The predicted molar refractivity (Wildman–Crippen MR) is 102 cm³/mol. The third kappa shape index (κ3) is 5.79. The van der Waals surface area contributed by atoms with Gasteiger partial charge in [0.25, 0.3) is 0 Å². The molecule has 0 bridgehead atoms. The zero-order valence-corrected chi connectivity index (χ0v) is 15.9. The highest BCUT2D eigenvalue weighted by atomic mass is 16.5. The van der Waals surface area contributed by atoms with Gasteiger partial charge in [-0.25, -0.2) is 0 Å². The lowest BCUT2D eigenvalue weighted by Crippen LogP contribution is -2.36. The molecule has 2 saturated heterocycles.